The van der Waals surface area contributed by atoms with Gasteiger partial charge in [0, 0.05) is 11.8 Å². The lowest BCUT2D eigenvalue weighted by Gasteiger charge is -2.01. The lowest BCUT2D eigenvalue weighted by molar-refractivity contribution is 0.598. The van der Waals surface area contributed by atoms with Crippen molar-refractivity contribution in [2.24, 2.45) is 0 Å². The number of nitrogens with zero attached hydrogens (tertiary/aromatic N) is 1. The van der Waals surface area contributed by atoms with E-state index in [1.54, 1.807) is 6.20 Å². The van der Waals surface area contributed by atoms with Gasteiger partial charge in [0.15, 0.2) is 8.46 Å². The second kappa shape index (κ2) is 4.81. The molecule has 0 bridgehead atoms. The van der Waals surface area contributed by atoms with E-state index in [0.29, 0.717) is 6.16 Å². The Labute approximate surface area is 90.2 Å². The molecule has 74 valence electrons. The highest BCUT2D eigenvalue weighted by molar-refractivity contribution is 7.22. The van der Waals surface area contributed by atoms with Crippen LogP contribution in [0.15, 0.2) is 48.7 Å². The van der Waals surface area contributed by atoms with Gasteiger partial charge in [-0.2, -0.15) is 0 Å². The molecule has 1 aromatic carbocycles. The summed E-state index contributed by atoms with van der Waals surface area (Å²) >= 11 is 0. The minimum absolute atomic E-state index is 0.154. The Bertz CT molecular complexity index is 456. The molecule has 15 heavy (non-hydrogen) atoms. The van der Waals surface area contributed by atoms with Crippen LogP contribution in [-0.2, 0) is 10.7 Å². The van der Waals surface area contributed by atoms with Crippen molar-refractivity contribution < 1.29 is 4.57 Å². The van der Waals surface area contributed by atoms with Crippen LogP contribution in [0.25, 0.3) is 11.3 Å². The van der Waals surface area contributed by atoms with Gasteiger partial charge in [-0.25, -0.2) is 0 Å². The van der Waals surface area contributed by atoms with Crippen LogP contribution in [0.5, 0.6) is 0 Å². The Kier molecular flexibility index (Phi) is 3.21. The highest BCUT2D eigenvalue weighted by Crippen LogP contribution is 2.19. The summed E-state index contributed by atoms with van der Waals surface area (Å²) in [6.07, 6.45) is 2.33. The molecule has 0 spiro atoms. The van der Waals surface area contributed by atoms with E-state index in [2.05, 4.69) is 4.98 Å². The summed E-state index contributed by atoms with van der Waals surface area (Å²) in [6.45, 7) is 0. The third kappa shape index (κ3) is 2.48. The third-order valence-corrected chi connectivity index (χ3v) is 2.63. The van der Waals surface area contributed by atoms with Crippen molar-refractivity contribution in [3.63, 3.8) is 0 Å². The highest BCUT2D eigenvalue weighted by Gasteiger charge is 1.99. The fraction of sp³-hybridized carbons (Fsp3) is 0.0833. The first kappa shape index (κ1) is 10.0. The average Bonchev–Trinajstić information content (AvgIpc) is 2.31. The zero-order valence-electron chi connectivity index (χ0n) is 8.13. The summed E-state index contributed by atoms with van der Waals surface area (Å²) in [5.74, 6) is 0. The van der Waals surface area contributed by atoms with Gasteiger partial charge in [-0.3, -0.25) is 9.55 Å². The van der Waals surface area contributed by atoms with E-state index in [4.69, 9.17) is 0 Å². The molecule has 0 N–H and O–H groups in total. The lowest BCUT2D eigenvalue weighted by Crippen LogP contribution is -1.83. The number of pyridine rings is 1. The Hall–Kier alpha value is -1.53. The average molecular weight is 215 g/mol. The van der Waals surface area contributed by atoms with Gasteiger partial charge >= 0.3 is 0 Å². The van der Waals surface area contributed by atoms with Crippen LogP contribution in [0.3, 0.4) is 0 Å². The first-order valence-electron chi connectivity index (χ1n) is 4.69. The second-order valence-corrected chi connectivity index (χ2v) is 3.78. The molecule has 0 saturated carbocycles. The third-order valence-electron chi connectivity index (χ3n) is 2.13. The van der Waals surface area contributed by atoms with Crippen molar-refractivity contribution in [2.75, 3.05) is 0 Å². The molecule has 1 heterocycles. The maximum Gasteiger partial charge on any atom is 0.160 e. The van der Waals surface area contributed by atoms with Crippen molar-refractivity contribution in [1.82, 2.24) is 4.98 Å². The van der Waals surface area contributed by atoms with E-state index in [1.807, 2.05) is 42.5 Å². The number of rotatable bonds is 3. The molecule has 0 saturated heterocycles. The standard InChI is InChI=1S/C12H10NOP/c14-15-9-10-4-3-5-11(8-10)12-6-1-2-7-13-12/h1-8H,9H2. The van der Waals surface area contributed by atoms with Crippen LogP contribution in [0.2, 0.25) is 0 Å². The first-order valence-corrected chi connectivity index (χ1v) is 5.69. The molecule has 0 amide bonds. The Balaban J connectivity index is 2.37. The molecule has 1 aromatic heterocycles. The maximum atomic E-state index is 10.5. The molecule has 0 fully saturated rings. The molecule has 0 unspecified atom stereocenters. The molecule has 0 aliphatic heterocycles. The lowest BCUT2D eigenvalue weighted by atomic mass is 10.1. The summed E-state index contributed by atoms with van der Waals surface area (Å²) in [5.41, 5.74) is 3.08. The number of aromatic nitrogens is 1. The molecule has 0 aliphatic rings. The van der Waals surface area contributed by atoms with Crippen molar-refractivity contribution in [1.29, 1.82) is 0 Å². The van der Waals surface area contributed by atoms with E-state index in [-0.39, 0.29) is 8.46 Å². The van der Waals surface area contributed by atoms with E-state index < -0.39 is 0 Å². The summed E-state index contributed by atoms with van der Waals surface area (Å²) in [5, 5.41) is 0. The molecular formula is C12H10NOP. The van der Waals surface area contributed by atoms with Crippen LogP contribution >= 0.6 is 8.46 Å². The van der Waals surface area contributed by atoms with Crippen LogP contribution in [0, 0.1) is 0 Å². The van der Waals surface area contributed by atoms with Gasteiger partial charge in [0.05, 0.1) is 11.9 Å². The zero-order valence-corrected chi connectivity index (χ0v) is 9.02. The maximum absolute atomic E-state index is 10.5. The van der Waals surface area contributed by atoms with Gasteiger partial charge in [-0.05, 0) is 23.8 Å². The highest BCUT2D eigenvalue weighted by atomic mass is 31.1. The Morgan fingerprint density at radius 2 is 2.07 bits per heavy atom. The van der Waals surface area contributed by atoms with Crippen molar-refractivity contribution in [3.05, 3.63) is 54.2 Å². The molecule has 2 rings (SSSR count). The Morgan fingerprint density at radius 3 is 2.80 bits per heavy atom. The molecule has 3 heteroatoms. The minimum atomic E-state index is 0.154. The second-order valence-electron chi connectivity index (χ2n) is 3.20. The summed E-state index contributed by atoms with van der Waals surface area (Å²) in [6, 6.07) is 13.8. The van der Waals surface area contributed by atoms with Gasteiger partial charge in [0.1, 0.15) is 0 Å². The van der Waals surface area contributed by atoms with Gasteiger partial charge < -0.3 is 0 Å². The van der Waals surface area contributed by atoms with Gasteiger partial charge in [-0.1, -0.05) is 24.3 Å². The Morgan fingerprint density at radius 1 is 1.13 bits per heavy atom. The van der Waals surface area contributed by atoms with E-state index in [1.165, 1.54) is 0 Å². The fourth-order valence-electron chi connectivity index (χ4n) is 1.44. The SMILES string of the molecule is O=PCc1cccc(-c2ccccn2)c1. The van der Waals surface area contributed by atoms with Crippen LogP contribution in [-0.4, -0.2) is 4.98 Å². The predicted molar refractivity (Wildman–Crippen MR) is 61.0 cm³/mol. The van der Waals surface area contributed by atoms with Crippen LogP contribution < -0.4 is 0 Å². The van der Waals surface area contributed by atoms with Crippen molar-refractivity contribution in [3.8, 4) is 11.3 Å². The van der Waals surface area contributed by atoms with Crippen LogP contribution in [0.4, 0.5) is 0 Å². The summed E-state index contributed by atoms with van der Waals surface area (Å²) in [7, 11) is 0.154. The number of hydrogen-bond acceptors (Lipinski definition) is 2. The van der Waals surface area contributed by atoms with Crippen LogP contribution in [0.1, 0.15) is 5.56 Å². The normalized spacial score (nSPS) is 10.4. The monoisotopic (exact) mass is 215 g/mol. The molecule has 0 radical (unpaired) electrons. The molecule has 0 aliphatic carbocycles. The topological polar surface area (TPSA) is 30.0 Å². The zero-order chi connectivity index (χ0) is 10.5. The molecular weight excluding hydrogens is 205 g/mol. The van der Waals surface area contributed by atoms with E-state index >= 15 is 0 Å². The molecule has 2 nitrogen and oxygen atoms in total. The van der Waals surface area contributed by atoms with E-state index in [9.17, 15) is 4.57 Å². The molecule has 0 atom stereocenters. The summed E-state index contributed by atoms with van der Waals surface area (Å²) in [4.78, 5) is 4.27. The largest absolute Gasteiger partial charge is 0.275 e. The minimum Gasteiger partial charge on any atom is -0.275 e. The first-order chi connectivity index (χ1) is 7.40. The van der Waals surface area contributed by atoms with Gasteiger partial charge in [0.2, 0.25) is 0 Å². The van der Waals surface area contributed by atoms with Gasteiger partial charge in [-0.15, -0.1) is 0 Å². The number of hydrogen-bond donors (Lipinski definition) is 0. The quantitative estimate of drug-likeness (QED) is 0.733. The van der Waals surface area contributed by atoms with Crippen molar-refractivity contribution >= 4 is 8.46 Å². The van der Waals surface area contributed by atoms with Crippen molar-refractivity contribution in [2.45, 2.75) is 6.16 Å². The number of benzene rings is 1. The smallest absolute Gasteiger partial charge is 0.160 e. The van der Waals surface area contributed by atoms with Gasteiger partial charge in [0.25, 0.3) is 0 Å². The predicted octanol–water partition coefficient (Wildman–Crippen LogP) is 3.54. The summed E-state index contributed by atoms with van der Waals surface area (Å²) < 4.78 is 10.5. The van der Waals surface area contributed by atoms with E-state index in [0.717, 1.165) is 16.8 Å². The fourth-order valence-corrected chi connectivity index (χ4v) is 1.78. The molecule has 2 aromatic rings.